The van der Waals surface area contributed by atoms with Crippen molar-refractivity contribution in [3.05, 3.63) is 176 Å². The number of rotatable bonds is 3. The molecule has 6 nitrogen and oxygen atoms in total. The molecule has 5 rings (SSSR count). The maximum atomic E-state index is 11.0. The third-order valence-electron chi connectivity index (χ3n) is 7.79. The van der Waals surface area contributed by atoms with Gasteiger partial charge in [-0.25, -0.2) is 14.4 Å². The summed E-state index contributed by atoms with van der Waals surface area (Å²) in [4.78, 5) is 32.9. The van der Waals surface area contributed by atoms with Crippen molar-refractivity contribution in [2.75, 3.05) is 21.3 Å². The second kappa shape index (κ2) is 23.0. The van der Waals surface area contributed by atoms with E-state index in [4.69, 9.17) is 0 Å². The number of carbonyl (C=O) groups is 3. The van der Waals surface area contributed by atoms with Crippen LogP contribution in [0.4, 0.5) is 0 Å². The molecular formula is C45H54O6. The molecule has 0 atom stereocenters. The van der Waals surface area contributed by atoms with Crippen molar-refractivity contribution in [2.24, 2.45) is 0 Å². The van der Waals surface area contributed by atoms with E-state index < -0.39 is 0 Å². The van der Waals surface area contributed by atoms with Crippen LogP contribution in [-0.2, 0) is 14.2 Å². The summed E-state index contributed by atoms with van der Waals surface area (Å²) in [7, 11) is 4.14. The van der Waals surface area contributed by atoms with Gasteiger partial charge in [0.1, 0.15) is 0 Å². The second-order valence-corrected chi connectivity index (χ2v) is 12.2. The second-order valence-electron chi connectivity index (χ2n) is 12.2. The van der Waals surface area contributed by atoms with Crippen LogP contribution < -0.4 is 0 Å². The topological polar surface area (TPSA) is 78.9 Å². The van der Waals surface area contributed by atoms with Crippen molar-refractivity contribution in [2.45, 2.75) is 62.3 Å². The van der Waals surface area contributed by atoms with Gasteiger partial charge in [0.15, 0.2) is 0 Å². The molecule has 0 bridgehead atoms. The lowest BCUT2D eigenvalue weighted by Crippen LogP contribution is -2.02. The van der Waals surface area contributed by atoms with Crippen LogP contribution >= 0.6 is 0 Å². The predicted molar refractivity (Wildman–Crippen MR) is 209 cm³/mol. The molecule has 0 heterocycles. The summed E-state index contributed by atoms with van der Waals surface area (Å²) >= 11 is 0. The maximum absolute atomic E-state index is 11.0. The predicted octanol–water partition coefficient (Wildman–Crippen LogP) is 10.6. The summed E-state index contributed by atoms with van der Waals surface area (Å²) < 4.78 is 13.7. The molecule has 0 saturated heterocycles. The van der Waals surface area contributed by atoms with E-state index in [1.807, 2.05) is 63.2 Å². The van der Waals surface area contributed by atoms with Gasteiger partial charge in [-0.1, -0.05) is 101 Å². The Hall–Kier alpha value is -5.49. The fourth-order valence-electron chi connectivity index (χ4n) is 4.39. The van der Waals surface area contributed by atoms with Crippen LogP contribution in [0.2, 0.25) is 0 Å². The van der Waals surface area contributed by atoms with Gasteiger partial charge in [-0.05, 0) is 120 Å². The quantitative estimate of drug-likeness (QED) is 0.138. The van der Waals surface area contributed by atoms with Crippen molar-refractivity contribution in [3.63, 3.8) is 0 Å². The Labute approximate surface area is 305 Å². The zero-order chi connectivity index (χ0) is 38.5. The standard InChI is InChI=1S/3C9H10O2.2C9H12/c1-7-3-5-8(6-4-7)9(10)11-2;1-7-4-3-5-8(6-7)9(10)11-2;1-7-5-3-4-6-8(7)9(10)11-2;2*1-7-4-5-8(2)9(3)6-7/h3*3-6H,1-2H3;2*4-6H,1-3H3. The minimum atomic E-state index is -0.287. The number of aryl methyl sites for hydroxylation is 9. The molecule has 0 amide bonds. The van der Waals surface area contributed by atoms with E-state index in [1.165, 1.54) is 54.7 Å². The number of esters is 3. The first kappa shape index (κ1) is 43.5. The van der Waals surface area contributed by atoms with Crippen LogP contribution in [0.3, 0.4) is 0 Å². The third-order valence-corrected chi connectivity index (χ3v) is 7.79. The zero-order valence-corrected chi connectivity index (χ0v) is 32.3. The molecule has 0 aliphatic heterocycles. The van der Waals surface area contributed by atoms with Crippen LogP contribution in [0.15, 0.2) is 109 Å². The molecule has 0 saturated carbocycles. The lowest BCUT2D eigenvalue weighted by molar-refractivity contribution is 0.0591. The molecule has 0 fully saturated rings. The van der Waals surface area contributed by atoms with Gasteiger partial charge < -0.3 is 14.2 Å². The molecule has 0 radical (unpaired) electrons. The van der Waals surface area contributed by atoms with Crippen LogP contribution in [0.5, 0.6) is 0 Å². The molecule has 51 heavy (non-hydrogen) atoms. The van der Waals surface area contributed by atoms with E-state index in [9.17, 15) is 14.4 Å². The molecule has 0 unspecified atom stereocenters. The highest BCUT2D eigenvalue weighted by Crippen LogP contribution is 2.10. The Balaban J connectivity index is 0.000000320. The Morgan fingerprint density at radius 2 is 0.784 bits per heavy atom. The highest BCUT2D eigenvalue weighted by atomic mass is 16.5. The first-order valence-corrected chi connectivity index (χ1v) is 16.6. The first-order valence-electron chi connectivity index (χ1n) is 16.6. The van der Waals surface area contributed by atoms with Crippen LogP contribution in [-0.4, -0.2) is 39.2 Å². The van der Waals surface area contributed by atoms with E-state index in [-0.39, 0.29) is 17.9 Å². The average molecular weight is 691 g/mol. The van der Waals surface area contributed by atoms with Gasteiger partial charge in [-0.15, -0.1) is 0 Å². The number of carbonyl (C=O) groups excluding carboxylic acids is 3. The van der Waals surface area contributed by atoms with Crippen LogP contribution in [0, 0.1) is 62.3 Å². The smallest absolute Gasteiger partial charge is 0.338 e. The molecule has 0 aromatic heterocycles. The molecule has 5 aromatic carbocycles. The summed E-state index contributed by atoms with van der Waals surface area (Å²) in [6.45, 7) is 18.6. The van der Waals surface area contributed by atoms with Gasteiger partial charge in [-0.2, -0.15) is 0 Å². The van der Waals surface area contributed by atoms with Crippen LogP contribution in [0.1, 0.15) is 81.1 Å². The molecule has 0 spiro atoms. The Bertz CT molecular complexity index is 1790. The number of hydrogen-bond donors (Lipinski definition) is 0. The number of ether oxygens (including phenoxy) is 3. The van der Waals surface area contributed by atoms with E-state index in [0.29, 0.717) is 16.7 Å². The van der Waals surface area contributed by atoms with Gasteiger partial charge in [0.25, 0.3) is 0 Å². The number of benzene rings is 5. The Kier molecular flexibility index (Phi) is 19.6. The summed E-state index contributed by atoms with van der Waals surface area (Å²) in [6, 6.07) is 34.9. The largest absolute Gasteiger partial charge is 0.465 e. The number of hydrogen-bond acceptors (Lipinski definition) is 6. The lowest BCUT2D eigenvalue weighted by atomic mass is 10.1. The summed E-state index contributed by atoms with van der Waals surface area (Å²) in [5, 5.41) is 0. The highest BCUT2D eigenvalue weighted by molar-refractivity contribution is 5.91. The normalized spacial score (nSPS) is 9.41. The zero-order valence-electron chi connectivity index (χ0n) is 32.3. The Morgan fingerprint density at radius 1 is 0.353 bits per heavy atom. The fourth-order valence-corrected chi connectivity index (χ4v) is 4.39. The molecule has 6 heteroatoms. The van der Waals surface area contributed by atoms with Gasteiger partial charge in [0.2, 0.25) is 0 Å². The Morgan fingerprint density at radius 3 is 1.20 bits per heavy atom. The lowest BCUT2D eigenvalue weighted by Gasteiger charge is -2.00. The van der Waals surface area contributed by atoms with E-state index >= 15 is 0 Å². The molecular weight excluding hydrogens is 636 g/mol. The fraction of sp³-hybridized carbons (Fsp3) is 0.267. The molecule has 0 aliphatic carbocycles. The SMILES string of the molecule is COC(=O)c1ccc(C)cc1.COC(=O)c1cccc(C)c1.COC(=O)c1ccccc1C.Cc1ccc(C)c(C)c1.Cc1ccc(C)c(C)c1. The summed E-state index contributed by atoms with van der Waals surface area (Å²) in [5.74, 6) is -0.846. The minimum Gasteiger partial charge on any atom is -0.465 e. The van der Waals surface area contributed by atoms with Crippen molar-refractivity contribution in [3.8, 4) is 0 Å². The van der Waals surface area contributed by atoms with E-state index in [2.05, 4.69) is 92.2 Å². The highest BCUT2D eigenvalue weighted by Gasteiger charge is 2.06. The van der Waals surface area contributed by atoms with E-state index in [1.54, 1.807) is 30.3 Å². The molecule has 270 valence electrons. The van der Waals surface area contributed by atoms with Crippen molar-refractivity contribution in [1.29, 1.82) is 0 Å². The first-order chi connectivity index (χ1) is 24.1. The van der Waals surface area contributed by atoms with Gasteiger partial charge in [-0.3, -0.25) is 0 Å². The van der Waals surface area contributed by atoms with Gasteiger partial charge in [0.05, 0.1) is 38.0 Å². The van der Waals surface area contributed by atoms with Gasteiger partial charge in [0, 0.05) is 0 Å². The van der Waals surface area contributed by atoms with Crippen molar-refractivity contribution in [1.82, 2.24) is 0 Å². The number of methoxy groups -OCH3 is 3. The third kappa shape index (κ3) is 16.6. The summed E-state index contributed by atoms with van der Waals surface area (Å²) in [6.07, 6.45) is 0. The molecule has 0 aliphatic rings. The summed E-state index contributed by atoms with van der Waals surface area (Å²) in [5.41, 5.74) is 13.2. The average Bonchev–Trinajstić information content (AvgIpc) is 3.12. The monoisotopic (exact) mass is 690 g/mol. The maximum Gasteiger partial charge on any atom is 0.338 e. The molecule has 0 N–H and O–H groups in total. The molecule has 5 aromatic rings. The minimum absolute atomic E-state index is 0.275. The van der Waals surface area contributed by atoms with Crippen molar-refractivity contribution < 1.29 is 28.6 Å². The van der Waals surface area contributed by atoms with Crippen molar-refractivity contribution >= 4 is 17.9 Å². The van der Waals surface area contributed by atoms with Gasteiger partial charge >= 0.3 is 17.9 Å². The van der Waals surface area contributed by atoms with Crippen LogP contribution in [0.25, 0.3) is 0 Å². The van der Waals surface area contributed by atoms with E-state index in [0.717, 1.165) is 16.7 Å².